The summed E-state index contributed by atoms with van der Waals surface area (Å²) >= 11 is 0. The van der Waals surface area contributed by atoms with Crippen molar-refractivity contribution in [3.05, 3.63) is 48.3 Å². The molecule has 7 heteroatoms. The first-order valence-corrected chi connectivity index (χ1v) is 8.97. The van der Waals surface area contributed by atoms with Crippen LogP contribution in [0.2, 0.25) is 0 Å². The van der Waals surface area contributed by atoms with Crippen molar-refractivity contribution in [3.8, 4) is 0 Å². The van der Waals surface area contributed by atoms with Gasteiger partial charge in [-0.3, -0.25) is 0 Å². The molecule has 2 heterocycles. The fraction of sp³-hybridized carbons (Fsp3) is 0.526. The van der Waals surface area contributed by atoms with E-state index in [1.54, 1.807) is 31.6 Å². The summed E-state index contributed by atoms with van der Waals surface area (Å²) in [6.07, 6.45) is 8.85. The quantitative estimate of drug-likeness (QED) is 0.326. The van der Waals surface area contributed by atoms with E-state index in [2.05, 4.69) is 15.6 Å². The molecule has 2 aromatic rings. The summed E-state index contributed by atoms with van der Waals surface area (Å²) in [4.78, 5) is 4.59. The molecule has 0 aromatic carbocycles. The number of rotatable bonds is 7. The standard InChI is InChI=1S/C19H27N3O3.HI/c1-19(23,17-9-5-13-25-17)14-21-18(22-15-6-2-3-7-15)20-11-10-16-8-4-12-24-16;/h4-5,8-9,12-13,15,23H,2-3,6-7,10-11,14H2,1H3,(H2,20,21,22);1H. The fourth-order valence-electron chi connectivity index (χ4n) is 3.07. The van der Waals surface area contributed by atoms with Gasteiger partial charge in [-0.25, -0.2) is 4.99 Å². The molecule has 1 aliphatic rings. The Morgan fingerprint density at radius 1 is 1.23 bits per heavy atom. The topological polar surface area (TPSA) is 82.9 Å². The summed E-state index contributed by atoms with van der Waals surface area (Å²) in [6, 6.07) is 7.84. The highest BCUT2D eigenvalue weighted by atomic mass is 127. The van der Waals surface area contributed by atoms with Crippen LogP contribution in [0.4, 0.5) is 0 Å². The molecule has 0 spiro atoms. The Hall–Kier alpha value is -1.48. The highest BCUT2D eigenvalue weighted by Gasteiger charge is 2.26. The Bertz CT molecular complexity index is 648. The second-order valence-corrected chi connectivity index (χ2v) is 6.80. The van der Waals surface area contributed by atoms with Crippen molar-refractivity contribution in [2.24, 2.45) is 4.99 Å². The van der Waals surface area contributed by atoms with Crippen molar-refractivity contribution in [2.75, 3.05) is 13.1 Å². The first-order chi connectivity index (χ1) is 12.1. The third kappa shape index (κ3) is 6.05. The van der Waals surface area contributed by atoms with Crippen LogP contribution in [0.5, 0.6) is 0 Å². The maximum Gasteiger partial charge on any atom is 0.191 e. The second-order valence-electron chi connectivity index (χ2n) is 6.80. The molecule has 0 bridgehead atoms. The van der Waals surface area contributed by atoms with Gasteiger partial charge in [0.05, 0.1) is 19.1 Å². The number of nitrogens with one attached hydrogen (secondary N) is 2. The van der Waals surface area contributed by atoms with Crippen LogP contribution in [0, 0.1) is 0 Å². The number of halogens is 1. The van der Waals surface area contributed by atoms with E-state index in [1.165, 1.54) is 12.8 Å². The molecule has 3 N–H and O–H groups in total. The van der Waals surface area contributed by atoms with Crippen LogP contribution in [0.25, 0.3) is 0 Å². The zero-order chi connectivity index (χ0) is 17.5. The Morgan fingerprint density at radius 2 is 1.96 bits per heavy atom. The van der Waals surface area contributed by atoms with Gasteiger partial charge in [0.25, 0.3) is 0 Å². The van der Waals surface area contributed by atoms with Crippen molar-refractivity contribution >= 4 is 29.9 Å². The van der Waals surface area contributed by atoms with Gasteiger partial charge in [0, 0.05) is 19.0 Å². The smallest absolute Gasteiger partial charge is 0.191 e. The van der Waals surface area contributed by atoms with Crippen molar-refractivity contribution in [1.29, 1.82) is 0 Å². The zero-order valence-electron chi connectivity index (χ0n) is 15.1. The van der Waals surface area contributed by atoms with Crippen LogP contribution in [0.1, 0.15) is 44.1 Å². The van der Waals surface area contributed by atoms with E-state index < -0.39 is 5.60 Å². The largest absolute Gasteiger partial charge is 0.469 e. The highest BCUT2D eigenvalue weighted by molar-refractivity contribution is 14.0. The number of guanidine groups is 1. The molecule has 0 aliphatic heterocycles. The maximum atomic E-state index is 10.6. The lowest BCUT2D eigenvalue weighted by Crippen LogP contribution is -2.44. The Balaban J connectivity index is 0.00000243. The summed E-state index contributed by atoms with van der Waals surface area (Å²) in [5, 5.41) is 17.4. The molecule has 1 fully saturated rings. The minimum absolute atomic E-state index is 0. The average molecular weight is 473 g/mol. The van der Waals surface area contributed by atoms with E-state index in [0.29, 0.717) is 11.8 Å². The number of hydrogen-bond acceptors (Lipinski definition) is 4. The van der Waals surface area contributed by atoms with Crippen molar-refractivity contribution in [3.63, 3.8) is 0 Å². The van der Waals surface area contributed by atoms with Gasteiger partial charge < -0.3 is 24.6 Å². The number of furan rings is 2. The lowest BCUT2D eigenvalue weighted by molar-refractivity contribution is 0.0436. The van der Waals surface area contributed by atoms with Gasteiger partial charge in [-0.2, -0.15) is 0 Å². The molecule has 144 valence electrons. The van der Waals surface area contributed by atoms with Crippen LogP contribution in [-0.4, -0.2) is 30.2 Å². The van der Waals surface area contributed by atoms with E-state index in [1.807, 2.05) is 12.1 Å². The van der Waals surface area contributed by atoms with E-state index in [4.69, 9.17) is 8.83 Å². The monoisotopic (exact) mass is 473 g/mol. The average Bonchev–Trinajstić information content (AvgIpc) is 3.34. The molecule has 3 rings (SSSR count). The van der Waals surface area contributed by atoms with Gasteiger partial charge in [-0.05, 0) is 44.0 Å². The molecule has 1 unspecified atom stereocenters. The highest BCUT2D eigenvalue weighted by Crippen LogP contribution is 2.21. The summed E-state index contributed by atoms with van der Waals surface area (Å²) in [5.41, 5.74) is -1.13. The van der Waals surface area contributed by atoms with Crippen LogP contribution >= 0.6 is 24.0 Å². The SMILES string of the molecule is CC(O)(CN=C(NCCc1ccco1)NC1CCCC1)c1ccco1.I. The van der Waals surface area contributed by atoms with Gasteiger partial charge in [0.1, 0.15) is 17.1 Å². The minimum atomic E-state index is -1.13. The Labute approximate surface area is 171 Å². The molecule has 6 nitrogen and oxygen atoms in total. The summed E-state index contributed by atoms with van der Waals surface area (Å²) < 4.78 is 10.7. The first-order valence-electron chi connectivity index (χ1n) is 8.97. The molecule has 0 amide bonds. The van der Waals surface area contributed by atoms with Crippen LogP contribution in [0.15, 0.2) is 50.6 Å². The van der Waals surface area contributed by atoms with E-state index in [-0.39, 0.29) is 30.5 Å². The molecule has 0 radical (unpaired) electrons. The second kappa shape index (κ2) is 10.0. The molecular formula is C19H28IN3O3. The summed E-state index contributed by atoms with van der Waals surface area (Å²) in [7, 11) is 0. The summed E-state index contributed by atoms with van der Waals surface area (Å²) in [5.74, 6) is 2.19. The molecule has 1 aliphatic carbocycles. The number of aliphatic hydroxyl groups is 1. The normalized spacial score (nSPS) is 17.5. The third-order valence-corrected chi connectivity index (χ3v) is 4.54. The van der Waals surface area contributed by atoms with E-state index >= 15 is 0 Å². The molecule has 2 aromatic heterocycles. The van der Waals surface area contributed by atoms with Crippen LogP contribution in [0.3, 0.4) is 0 Å². The van der Waals surface area contributed by atoms with Crippen molar-refractivity contribution in [2.45, 2.75) is 50.7 Å². The third-order valence-electron chi connectivity index (χ3n) is 4.54. The van der Waals surface area contributed by atoms with Crippen molar-refractivity contribution < 1.29 is 13.9 Å². The fourth-order valence-corrected chi connectivity index (χ4v) is 3.07. The number of aliphatic imine (C=N–C) groups is 1. The molecule has 0 saturated heterocycles. The first kappa shape index (κ1) is 20.8. The summed E-state index contributed by atoms with van der Waals surface area (Å²) in [6.45, 7) is 2.66. The van der Waals surface area contributed by atoms with Crippen LogP contribution < -0.4 is 10.6 Å². The molecular weight excluding hydrogens is 445 g/mol. The van der Waals surface area contributed by atoms with Gasteiger partial charge in [-0.1, -0.05) is 12.8 Å². The maximum absolute atomic E-state index is 10.6. The lowest BCUT2D eigenvalue weighted by Gasteiger charge is -2.21. The lowest BCUT2D eigenvalue weighted by atomic mass is 10.0. The number of nitrogens with zero attached hydrogens (tertiary/aromatic N) is 1. The molecule has 1 atom stereocenters. The predicted octanol–water partition coefficient (Wildman–Crippen LogP) is 3.42. The van der Waals surface area contributed by atoms with Gasteiger partial charge in [0.2, 0.25) is 0 Å². The van der Waals surface area contributed by atoms with Crippen LogP contribution in [-0.2, 0) is 12.0 Å². The van der Waals surface area contributed by atoms with Gasteiger partial charge in [0.15, 0.2) is 5.96 Å². The molecule has 26 heavy (non-hydrogen) atoms. The van der Waals surface area contributed by atoms with E-state index in [0.717, 1.165) is 37.5 Å². The predicted molar refractivity (Wildman–Crippen MR) is 112 cm³/mol. The van der Waals surface area contributed by atoms with E-state index in [9.17, 15) is 5.11 Å². The van der Waals surface area contributed by atoms with Gasteiger partial charge >= 0.3 is 0 Å². The Morgan fingerprint density at radius 3 is 2.62 bits per heavy atom. The zero-order valence-corrected chi connectivity index (χ0v) is 17.4. The minimum Gasteiger partial charge on any atom is -0.469 e. The Kier molecular flexibility index (Phi) is 8.02. The van der Waals surface area contributed by atoms with Gasteiger partial charge in [-0.15, -0.1) is 24.0 Å². The molecule has 1 saturated carbocycles. The number of hydrogen-bond donors (Lipinski definition) is 3. The van der Waals surface area contributed by atoms with Crippen molar-refractivity contribution in [1.82, 2.24) is 10.6 Å².